The number of fused-ring (bicyclic) bond motifs is 7. The molecule has 314 valence electrons. The molecule has 2 aliphatic heterocycles. The van der Waals surface area contributed by atoms with Crippen LogP contribution in [0, 0.1) is 13.8 Å². The number of aryl methyl sites for hydroxylation is 2. The largest absolute Gasteiger partial charge is 0.310 e. The molecule has 0 spiro atoms. The van der Waals surface area contributed by atoms with Crippen molar-refractivity contribution in [3.8, 4) is 33.4 Å². The highest BCUT2D eigenvalue weighted by molar-refractivity contribution is 7.25. The van der Waals surface area contributed by atoms with Gasteiger partial charge in [-0.25, -0.2) is 4.98 Å². The second-order valence-corrected chi connectivity index (χ2v) is 20.0. The fourth-order valence-corrected chi connectivity index (χ4v) is 12.1. The van der Waals surface area contributed by atoms with E-state index < -0.39 is 0 Å². The zero-order valence-electron chi connectivity index (χ0n) is 37.6. The molecule has 10 aromatic rings. The fraction of sp³-hybridized carbons (Fsp3) is 0.131. The molecule has 0 atom stereocenters. The van der Waals surface area contributed by atoms with Gasteiger partial charge < -0.3 is 9.80 Å². The molecular formula is C61H49N3S. The number of hydrogen-bond acceptors (Lipinski definition) is 4. The third kappa shape index (κ3) is 6.04. The van der Waals surface area contributed by atoms with Crippen molar-refractivity contribution in [3.63, 3.8) is 0 Å². The van der Waals surface area contributed by atoms with Gasteiger partial charge in [0.1, 0.15) is 4.83 Å². The molecule has 0 aliphatic carbocycles. The van der Waals surface area contributed by atoms with E-state index in [1.807, 2.05) is 6.20 Å². The first-order valence-electron chi connectivity index (χ1n) is 22.7. The lowest BCUT2D eigenvalue weighted by molar-refractivity contribution is 0.631. The summed E-state index contributed by atoms with van der Waals surface area (Å²) in [6, 6.07) is 67.7. The molecule has 12 rings (SSSR count). The van der Waals surface area contributed by atoms with Crippen molar-refractivity contribution in [2.24, 2.45) is 0 Å². The molecule has 0 saturated heterocycles. The Balaban J connectivity index is 1.02. The van der Waals surface area contributed by atoms with Gasteiger partial charge in [0.05, 0.1) is 22.7 Å². The molecule has 0 radical (unpaired) electrons. The molecule has 4 heterocycles. The Kier molecular flexibility index (Phi) is 8.85. The van der Waals surface area contributed by atoms with E-state index in [4.69, 9.17) is 4.98 Å². The molecule has 3 nitrogen and oxygen atoms in total. The number of pyridine rings is 1. The van der Waals surface area contributed by atoms with Crippen LogP contribution in [0.15, 0.2) is 188 Å². The highest BCUT2D eigenvalue weighted by atomic mass is 32.1. The minimum Gasteiger partial charge on any atom is -0.310 e. The summed E-state index contributed by atoms with van der Waals surface area (Å²) in [5, 5.41) is 2.46. The van der Waals surface area contributed by atoms with Crippen LogP contribution in [0.1, 0.15) is 61.1 Å². The number of rotatable bonds is 5. The average Bonchev–Trinajstić information content (AvgIpc) is 3.72. The van der Waals surface area contributed by atoms with Gasteiger partial charge in [-0.2, -0.15) is 0 Å². The number of benzene rings is 8. The molecule has 2 aromatic heterocycles. The second kappa shape index (κ2) is 14.6. The van der Waals surface area contributed by atoms with Crippen LogP contribution in [0.5, 0.6) is 0 Å². The number of para-hydroxylation sites is 4. The smallest absolute Gasteiger partial charge is 0.125 e. The summed E-state index contributed by atoms with van der Waals surface area (Å²) in [6.07, 6.45) is 1.97. The molecule has 4 heteroatoms. The van der Waals surface area contributed by atoms with Gasteiger partial charge in [-0.15, -0.1) is 11.3 Å². The maximum absolute atomic E-state index is 4.89. The molecule has 0 fully saturated rings. The third-order valence-electron chi connectivity index (χ3n) is 14.3. The maximum Gasteiger partial charge on any atom is 0.125 e. The Morgan fingerprint density at radius 3 is 1.28 bits per heavy atom. The van der Waals surface area contributed by atoms with Crippen LogP contribution in [0.3, 0.4) is 0 Å². The van der Waals surface area contributed by atoms with Crippen LogP contribution < -0.4 is 9.80 Å². The Bertz CT molecular complexity index is 3280. The Hall–Kier alpha value is -7.27. The van der Waals surface area contributed by atoms with E-state index in [1.165, 1.54) is 116 Å². The first kappa shape index (κ1) is 39.3. The highest BCUT2D eigenvalue weighted by Gasteiger charge is 2.38. The van der Waals surface area contributed by atoms with E-state index in [-0.39, 0.29) is 10.8 Å². The Morgan fingerprint density at radius 2 is 0.815 bits per heavy atom. The van der Waals surface area contributed by atoms with Gasteiger partial charge in [0.25, 0.3) is 0 Å². The van der Waals surface area contributed by atoms with Gasteiger partial charge in [0, 0.05) is 43.9 Å². The Morgan fingerprint density at radius 1 is 0.400 bits per heavy atom. The van der Waals surface area contributed by atoms with Gasteiger partial charge in [0.2, 0.25) is 0 Å². The molecule has 0 unspecified atom stereocenters. The third-order valence-corrected chi connectivity index (χ3v) is 15.4. The van der Waals surface area contributed by atoms with Gasteiger partial charge in [-0.3, -0.25) is 0 Å². The SMILES string of the molecule is Cc1cc(-c2cc(-c3ccc(N4c5ccccc5C(C)(C)c5ccccc54)c(C)c3)cc(-c3ccnc4sc5ccccc5c34)c2)ccc1N1c2ccccc2C(C)(C)c2ccccc21. The van der Waals surface area contributed by atoms with E-state index in [9.17, 15) is 0 Å². The maximum atomic E-state index is 4.89. The number of hydrogen-bond donors (Lipinski definition) is 0. The highest BCUT2D eigenvalue weighted by Crippen LogP contribution is 2.54. The van der Waals surface area contributed by atoms with Crippen molar-refractivity contribution in [3.05, 3.63) is 222 Å². The summed E-state index contributed by atoms with van der Waals surface area (Å²) in [5.41, 5.74) is 22.0. The van der Waals surface area contributed by atoms with Crippen LogP contribution in [0.2, 0.25) is 0 Å². The number of thiophene rings is 1. The predicted octanol–water partition coefficient (Wildman–Crippen LogP) is 17.3. The van der Waals surface area contributed by atoms with Gasteiger partial charge in [0.15, 0.2) is 0 Å². The number of aromatic nitrogens is 1. The van der Waals surface area contributed by atoms with E-state index in [1.54, 1.807) is 11.3 Å². The molecule has 0 N–H and O–H groups in total. The molecular weight excluding hydrogens is 807 g/mol. The lowest BCUT2D eigenvalue weighted by Crippen LogP contribution is -2.30. The van der Waals surface area contributed by atoms with Crippen LogP contribution in [0.25, 0.3) is 53.7 Å². The zero-order valence-corrected chi connectivity index (χ0v) is 38.5. The zero-order chi connectivity index (χ0) is 44.2. The predicted molar refractivity (Wildman–Crippen MR) is 277 cm³/mol. The first-order valence-corrected chi connectivity index (χ1v) is 23.5. The summed E-state index contributed by atoms with van der Waals surface area (Å²) in [6.45, 7) is 13.9. The molecule has 2 aliphatic rings. The van der Waals surface area contributed by atoms with Crippen LogP contribution in [-0.4, -0.2) is 4.98 Å². The van der Waals surface area contributed by atoms with E-state index in [0.717, 1.165) is 4.83 Å². The molecule has 0 saturated carbocycles. The van der Waals surface area contributed by atoms with Crippen molar-refractivity contribution in [1.82, 2.24) is 4.98 Å². The van der Waals surface area contributed by atoms with Crippen molar-refractivity contribution >= 4 is 65.8 Å². The summed E-state index contributed by atoms with van der Waals surface area (Å²) >= 11 is 1.77. The van der Waals surface area contributed by atoms with Crippen molar-refractivity contribution < 1.29 is 0 Å². The monoisotopic (exact) mass is 855 g/mol. The topological polar surface area (TPSA) is 19.4 Å². The summed E-state index contributed by atoms with van der Waals surface area (Å²) in [5.74, 6) is 0. The normalized spacial score (nSPS) is 14.5. The number of anilines is 6. The van der Waals surface area contributed by atoms with E-state index >= 15 is 0 Å². The molecule has 0 bridgehead atoms. The fourth-order valence-electron chi connectivity index (χ4n) is 11.0. The number of nitrogens with zero attached hydrogens (tertiary/aromatic N) is 3. The van der Waals surface area contributed by atoms with Crippen molar-refractivity contribution in [2.45, 2.75) is 52.4 Å². The van der Waals surface area contributed by atoms with E-state index in [0.29, 0.717) is 0 Å². The summed E-state index contributed by atoms with van der Waals surface area (Å²) in [4.78, 5) is 10.9. The lowest BCUT2D eigenvalue weighted by atomic mass is 9.73. The van der Waals surface area contributed by atoms with E-state index in [2.05, 4.69) is 233 Å². The van der Waals surface area contributed by atoms with Crippen molar-refractivity contribution in [2.75, 3.05) is 9.80 Å². The Labute approximate surface area is 385 Å². The standard InChI is InChI=1S/C61H49N3S/c1-38-33-40(27-29-51(38)63-53-22-12-8-18-47(53)60(3,4)48-19-9-13-23-54(48)63)42-35-43(37-44(36-42)45-31-32-62-59-58(45)46-17-7-16-26-57(46)65-59)41-28-30-52(39(2)34-41)64-55-24-14-10-20-49(55)61(5,6)50-21-11-15-25-56(50)64/h7-37H,1-6H3. The van der Waals surface area contributed by atoms with Gasteiger partial charge in [-0.05, 0) is 159 Å². The first-order chi connectivity index (χ1) is 31.6. The summed E-state index contributed by atoms with van der Waals surface area (Å²) in [7, 11) is 0. The minimum absolute atomic E-state index is 0.114. The minimum atomic E-state index is -0.114. The van der Waals surface area contributed by atoms with Gasteiger partial charge >= 0.3 is 0 Å². The van der Waals surface area contributed by atoms with Crippen LogP contribution >= 0.6 is 11.3 Å². The molecule has 0 amide bonds. The second-order valence-electron chi connectivity index (χ2n) is 18.9. The molecule has 8 aromatic carbocycles. The van der Waals surface area contributed by atoms with Crippen LogP contribution in [-0.2, 0) is 10.8 Å². The summed E-state index contributed by atoms with van der Waals surface area (Å²) < 4.78 is 1.25. The van der Waals surface area contributed by atoms with Crippen molar-refractivity contribution in [1.29, 1.82) is 0 Å². The molecule has 65 heavy (non-hydrogen) atoms. The quantitative estimate of drug-likeness (QED) is 0.172. The van der Waals surface area contributed by atoms with Crippen LogP contribution in [0.4, 0.5) is 34.1 Å². The average molecular weight is 856 g/mol. The lowest BCUT2D eigenvalue weighted by Gasteiger charge is -2.42. The van der Waals surface area contributed by atoms with Gasteiger partial charge in [-0.1, -0.05) is 131 Å².